The Bertz CT molecular complexity index is 2250. The second-order valence-electron chi connectivity index (χ2n) is 14.7. The van der Waals surface area contributed by atoms with Crippen LogP contribution in [0.2, 0.25) is 0 Å². The minimum Gasteiger partial charge on any atom is -0.480 e. The smallest absolute Gasteiger partial charge is 0.434 e. The van der Waals surface area contributed by atoms with Gasteiger partial charge in [-0.05, 0) is 82.0 Å². The number of benzene rings is 2. The number of pyridine rings is 1. The van der Waals surface area contributed by atoms with E-state index in [1.165, 1.54) is 13.2 Å². The van der Waals surface area contributed by atoms with Crippen molar-refractivity contribution in [3.05, 3.63) is 71.3 Å². The Labute approximate surface area is 328 Å². The third-order valence-corrected chi connectivity index (χ3v) is 11.3. The predicted octanol–water partition coefficient (Wildman–Crippen LogP) is 7.98. The number of ether oxygens (including phenoxy) is 2. The fourth-order valence-electron chi connectivity index (χ4n) is 8.28. The van der Waals surface area contributed by atoms with E-state index in [-0.39, 0.29) is 34.2 Å². The van der Waals surface area contributed by atoms with Crippen LogP contribution in [0.5, 0.6) is 11.9 Å². The zero-order valence-corrected chi connectivity index (χ0v) is 32.0. The molecule has 300 valence electrons. The van der Waals surface area contributed by atoms with Crippen molar-refractivity contribution < 1.29 is 31.4 Å². The molecule has 5 aromatic rings. The van der Waals surface area contributed by atoms with Crippen LogP contribution < -0.4 is 20.1 Å². The summed E-state index contributed by atoms with van der Waals surface area (Å²) in [6.07, 6.45) is 10.9. The highest BCUT2D eigenvalue weighted by atomic mass is 19.4. The Kier molecular flexibility index (Phi) is 12.0. The van der Waals surface area contributed by atoms with Crippen LogP contribution in [0.4, 0.5) is 27.8 Å². The first-order chi connectivity index (χ1) is 27.5. The van der Waals surface area contributed by atoms with Crippen molar-refractivity contribution in [1.82, 2.24) is 35.1 Å². The van der Waals surface area contributed by atoms with Gasteiger partial charge in [0, 0.05) is 24.0 Å². The molecule has 3 aromatic heterocycles. The van der Waals surface area contributed by atoms with Crippen LogP contribution in [-0.4, -0.2) is 81.8 Å². The Morgan fingerprint density at radius 3 is 2.49 bits per heavy atom. The van der Waals surface area contributed by atoms with Crippen LogP contribution in [0, 0.1) is 29.9 Å². The Morgan fingerprint density at radius 1 is 0.982 bits per heavy atom. The monoisotopic (exact) mass is 788 g/mol. The molecule has 0 spiro atoms. The lowest BCUT2D eigenvalue weighted by Crippen LogP contribution is -2.43. The molecule has 0 saturated carbocycles. The molecule has 0 radical (unpaired) electrons. The second-order valence-corrected chi connectivity index (χ2v) is 14.7. The first kappa shape index (κ1) is 40.0. The Balaban J connectivity index is 0.000000356. The summed E-state index contributed by atoms with van der Waals surface area (Å²) < 4.78 is 78.4. The van der Waals surface area contributed by atoms with E-state index in [4.69, 9.17) is 26.1 Å². The van der Waals surface area contributed by atoms with Crippen LogP contribution in [0.3, 0.4) is 0 Å². The largest absolute Gasteiger partial charge is 0.480 e. The minimum atomic E-state index is -4.45. The number of rotatable bonds is 6. The van der Waals surface area contributed by atoms with Crippen molar-refractivity contribution in [3.8, 4) is 35.5 Å². The van der Waals surface area contributed by atoms with E-state index in [1.54, 1.807) is 12.1 Å². The minimum absolute atomic E-state index is 0.00555. The molecule has 3 aliphatic rings. The van der Waals surface area contributed by atoms with Crippen molar-refractivity contribution in [2.75, 3.05) is 51.8 Å². The molecule has 15 heteroatoms. The van der Waals surface area contributed by atoms with Gasteiger partial charge in [-0.25, -0.2) is 23.7 Å². The first-order valence-corrected chi connectivity index (χ1v) is 19.4. The van der Waals surface area contributed by atoms with Gasteiger partial charge in [0.2, 0.25) is 5.88 Å². The van der Waals surface area contributed by atoms with Crippen molar-refractivity contribution in [2.24, 2.45) is 5.92 Å². The van der Waals surface area contributed by atoms with Gasteiger partial charge in [0.05, 0.1) is 41.7 Å². The quantitative estimate of drug-likeness (QED) is 0.130. The van der Waals surface area contributed by atoms with Gasteiger partial charge in [-0.3, -0.25) is 4.90 Å². The molecule has 0 aliphatic carbocycles. The van der Waals surface area contributed by atoms with Gasteiger partial charge in [-0.2, -0.15) is 23.1 Å². The molecule has 57 heavy (non-hydrogen) atoms. The zero-order chi connectivity index (χ0) is 40.2. The summed E-state index contributed by atoms with van der Waals surface area (Å²) in [4.78, 5) is 23.5. The van der Waals surface area contributed by atoms with Gasteiger partial charge in [-0.15, -0.1) is 6.42 Å². The number of fused-ring (bicyclic) bond motifs is 2. The number of hydrogen-bond acceptors (Lipinski definition) is 10. The topological polar surface area (TPSA) is 110 Å². The summed E-state index contributed by atoms with van der Waals surface area (Å²) in [6.45, 7) is 7.14. The highest BCUT2D eigenvalue weighted by molar-refractivity contribution is 6.02. The van der Waals surface area contributed by atoms with Gasteiger partial charge >= 0.3 is 12.2 Å². The van der Waals surface area contributed by atoms with E-state index < -0.39 is 23.5 Å². The number of nitrogens with zero attached hydrogens (tertiary/aromatic N) is 6. The maximum atomic E-state index is 17.0. The summed E-state index contributed by atoms with van der Waals surface area (Å²) in [5, 5.41) is 8.76. The molecule has 8 rings (SSSR count). The van der Waals surface area contributed by atoms with E-state index in [0.717, 1.165) is 82.7 Å². The molecule has 0 amide bonds. The van der Waals surface area contributed by atoms with Gasteiger partial charge in [0.25, 0.3) is 0 Å². The average molecular weight is 789 g/mol. The lowest BCUT2D eigenvalue weighted by Gasteiger charge is -2.31. The summed E-state index contributed by atoms with van der Waals surface area (Å²) in [5.41, 5.74) is 0.486. The lowest BCUT2D eigenvalue weighted by atomic mass is 9.94. The van der Waals surface area contributed by atoms with Crippen LogP contribution in [-0.2, 0) is 12.6 Å². The van der Waals surface area contributed by atoms with Crippen LogP contribution in [0.15, 0.2) is 42.7 Å². The number of hydrogen-bond donors (Lipinski definition) is 2. The van der Waals surface area contributed by atoms with Crippen LogP contribution in [0.25, 0.3) is 32.9 Å². The maximum Gasteiger partial charge on any atom is 0.434 e. The number of anilines is 1. The Hall–Kier alpha value is -5.20. The third kappa shape index (κ3) is 8.43. The number of nitrogens with one attached hydrogen (secondary N) is 2. The van der Waals surface area contributed by atoms with Crippen molar-refractivity contribution in [2.45, 2.75) is 70.0 Å². The summed E-state index contributed by atoms with van der Waals surface area (Å²) in [7, 11) is 1.30. The molecule has 1 atom stereocenters. The number of methoxy groups -OCH3 is 1. The van der Waals surface area contributed by atoms with E-state index >= 15 is 4.39 Å². The number of terminal acetylenes is 1. The van der Waals surface area contributed by atoms with E-state index in [1.807, 2.05) is 12.1 Å². The fraction of sp³-hybridized carbons (Fsp3) is 0.452. The van der Waals surface area contributed by atoms with Gasteiger partial charge in [0.15, 0.2) is 11.5 Å². The molecule has 2 N–H and O–H groups in total. The molecule has 2 saturated heterocycles. The van der Waals surface area contributed by atoms with Gasteiger partial charge < -0.3 is 20.1 Å². The molecular weight excluding hydrogens is 744 g/mol. The molecule has 10 nitrogen and oxygen atoms in total. The average Bonchev–Trinajstić information content (AvgIpc) is 3.80. The molecule has 3 aliphatic heterocycles. The molecular formula is C42H45F5N8O2. The van der Waals surface area contributed by atoms with E-state index in [0.29, 0.717) is 59.5 Å². The number of aryl methyl sites for hydroxylation is 1. The summed E-state index contributed by atoms with van der Waals surface area (Å²) >= 11 is 0. The zero-order valence-electron chi connectivity index (χ0n) is 32.0. The van der Waals surface area contributed by atoms with Crippen molar-refractivity contribution in [3.63, 3.8) is 0 Å². The summed E-state index contributed by atoms with van der Waals surface area (Å²) in [6, 6.07) is 8.59. The predicted molar refractivity (Wildman–Crippen MR) is 208 cm³/mol. The van der Waals surface area contributed by atoms with Crippen molar-refractivity contribution in [1.29, 1.82) is 0 Å². The van der Waals surface area contributed by atoms with Gasteiger partial charge in [0.1, 0.15) is 29.5 Å². The molecule has 0 bridgehead atoms. The lowest BCUT2D eigenvalue weighted by molar-refractivity contribution is -0.141. The van der Waals surface area contributed by atoms with E-state index in [9.17, 15) is 17.6 Å². The number of alkyl halides is 3. The Morgan fingerprint density at radius 2 is 1.79 bits per heavy atom. The van der Waals surface area contributed by atoms with Crippen molar-refractivity contribution >= 4 is 27.5 Å². The molecule has 2 fully saturated rings. The third-order valence-electron chi connectivity index (χ3n) is 11.3. The van der Waals surface area contributed by atoms with E-state index in [2.05, 4.69) is 43.1 Å². The second kappa shape index (κ2) is 17.1. The number of halogens is 5. The summed E-state index contributed by atoms with van der Waals surface area (Å²) in [5.74, 6) is 2.49. The maximum absolute atomic E-state index is 17.0. The highest BCUT2D eigenvalue weighted by Gasteiger charge is 2.45. The SMILES string of the molecule is C#Cc1c(F)ccc2cccc(-c3nc4c5c(nc(OCC67CCCN6CCC7)nc5c3F)NCCNCC(CC)CCC4)c12.COc1cnc(C(F)(F)F)cn1. The molecule has 1 unspecified atom stereocenters. The molecule has 6 heterocycles. The number of aromatic nitrogens is 5. The normalized spacial score (nSPS) is 18.4. The van der Waals surface area contributed by atoms with Crippen LogP contribution in [0.1, 0.15) is 68.8 Å². The fourth-order valence-corrected chi connectivity index (χ4v) is 8.28. The highest BCUT2D eigenvalue weighted by Crippen LogP contribution is 2.41. The molecule has 2 aromatic carbocycles. The van der Waals surface area contributed by atoms with Crippen LogP contribution >= 0.6 is 0 Å². The van der Waals surface area contributed by atoms with Gasteiger partial charge in [-0.1, -0.05) is 43.5 Å². The first-order valence-electron chi connectivity index (χ1n) is 19.4. The standard InChI is InChI=1S/C36H40F2N6O.C6H5F3N2O/c1-3-23-9-5-12-28-30-33(31(38)32(41-28)26-11-6-10-24-13-14-27(37)25(4-2)29(24)26)42-35(43-34(30)40-18-17-39-21-23)45-22-36-15-7-19-44(36)20-8-16-36;1-12-5-3-10-4(2-11-5)6(7,8)9/h2,6,10-11,13-14,23,39H,3,5,7-9,12,15-22H2,1H3,(H,40,42,43);2-3H,1H3.